The van der Waals surface area contributed by atoms with E-state index in [9.17, 15) is 4.39 Å². The Balaban J connectivity index is 1.90. The topological polar surface area (TPSA) is 12.0 Å². The van der Waals surface area contributed by atoms with Crippen molar-refractivity contribution in [2.24, 2.45) is 16.7 Å². The third kappa shape index (κ3) is 1.77. The van der Waals surface area contributed by atoms with E-state index in [0.29, 0.717) is 17.1 Å². The molecular formula is C16H21BrFN. The number of para-hydroxylation sites is 1. The summed E-state index contributed by atoms with van der Waals surface area (Å²) in [6.45, 7) is 7.12. The van der Waals surface area contributed by atoms with Crippen molar-refractivity contribution >= 4 is 21.6 Å². The fourth-order valence-electron chi connectivity index (χ4n) is 4.23. The van der Waals surface area contributed by atoms with Gasteiger partial charge in [0, 0.05) is 10.5 Å². The summed E-state index contributed by atoms with van der Waals surface area (Å²) in [7, 11) is 0. The summed E-state index contributed by atoms with van der Waals surface area (Å²) < 4.78 is 14.8. The molecule has 0 saturated heterocycles. The first-order valence-electron chi connectivity index (χ1n) is 7.07. The van der Waals surface area contributed by atoms with E-state index in [0.717, 1.165) is 16.8 Å². The zero-order valence-electron chi connectivity index (χ0n) is 11.8. The van der Waals surface area contributed by atoms with Gasteiger partial charge in [-0.3, -0.25) is 0 Å². The van der Waals surface area contributed by atoms with E-state index in [4.69, 9.17) is 0 Å². The van der Waals surface area contributed by atoms with Gasteiger partial charge in [-0.15, -0.1) is 0 Å². The smallest absolute Gasteiger partial charge is 0.147 e. The maximum atomic E-state index is 14.0. The van der Waals surface area contributed by atoms with Crippen LogP contribution < -0.4 is 5.32 Å². The lowest BCUT2D eigenvalue weighted by Crippen LogP contribution is -2.40. The van der Waals surface area contributed by atoms with E-state index >= 15 is 0 Å². The van der Waals surface area contributed by atoms with E-state index in [1.165, 1.54) is 18.9 Å². The van der Waals surface area contributed by atoms with Crippen LogP contribution >= 0.6 is 15.9 Å². The molecule has 1 N–H and O–H groups in total. The lowest BCUT2D eigenvalue weighted by Gasteiger charge is -2.40. The van der Waals surface area contributed by atoms with Crippen LogP contribution in [0.1, 0.15) is 40.0 Å². The molecule has 3 unspecified atom stereocenters. The summed E-state index contributed by atoms with van der Waals surface area (Å²) >= 11 is 3.45. The summed E-state index contributed by atoms with van der Waals surface area (Å²) in [4.78, 5) is 0. The minimum absolute atomic E-state index is 0.168. The van der Waals surface area contributed by atoms with Crippen molar-refractivity contribution in [3.05, 3.63) is 28.5 Å². The molecule has 1 aromatic carbocycles. The Labute approximate surface area is 123 Å². The first-order chi connectivity index (χ1) is 8.86. The van der Waals surface area contributed by atoms with Crippen molar-refractivity contribution in [3.63, 3.8) is 0 Å². The first kappa shape index (κ1) is 13.4. The van der Waals surface area contributed by atoms with Crippen LogP contribution in [0.5, 0.6) is 0 Å². The van der Waals surface area contributed by atoms with Crippen LogP contribution in [-0.2, 0) is 0 Å². The third-order valence-electron chi connectivity index (χ3n) is 6.08. The fraction of sp³-hybridized carbons (Fsp3) is 0.625. The van der Waals surface area contributed by atoms with E-state index in [-0.39, 0.29) is 11.2 Å². The highest BCUT2D eigenvalue weighted by Crippen LogP contribution is 2.66. The Morgan fingerprint density at radius 2 is 2.05 bits per heavy atom. The van der Waals surface area contributed by atoms with E-state index in [1.54, 1.807) is 6.07 Å². The molecule has 2 aliphatic carbocycles. The van der Waals surface area contributed by atoms with Crippen molar-refractivity contribution in [1.82, 2.24) is 0 Å². The van der Waals surface area contributed by atoms with Crippen molar-refractivity contribution in [3.8, 4) is 0 Å². The maximum absolute atomic E-state index is 14.0. The highest BCUT2D eigenvalue weighted by atomic mass is 79.9. The Bertz CT molecular complexity index is 493. The lowest BCUT2D eigenvalue weighted by molar-refractivity contribution is 0.142. The van der Waals surface area contributed by atoms with Crippen molar-refractivity contribution < 1.29 is 4.39 Å². The summed E-state index contributed by atoms with van der Waals surface area (Å²) in [5, 5.41) is 3.48. The van der Waals surface area contributed by atoms with Crippen LogP contribution in [0.15, 0.2) is 22.7 Å². The molecule has 104 valence electrons. The molecule has 1 aromatic rings. The molecule has 0 amide bonds. The van der Waals surface area contributed by atoms with Crippen molar-refractivity contribution in [2.75, 3.05) is 5.32 Å². The quantitative estimate of drug-likeness (QED) is 0.786. The second-order valence-corrected chi connectivity index (χ2v) is 7.76. The monoisotopic (exact) mass is 325 g/mol. The molecule has 0 aliphatic heterocycles. The van der Waals surface area contributed by atoms with Gasteiger partial charge in [0.25, 0.3) is 0 Å². The largest absolute Gasteiger partial charge is 0.378 e. The number of rotatable bonds is 2. The molecule has 19 heavy (non-hydrogen) atoms. The van der Waals surface area contributed by atoms with Crippen LogP contribution in [0.2, 0.25) is 0 Å². The maximum Gasteiger partial charge on any atom is 0.147 e. The molecule has 1 nitrogen and oxygen atoms in total. The number of hydrogen-bond acceptors (Lipinski definition) is 1. The molecule has 2 aliphatic rings. The van der Waals surface area contributed by atoms with Gasteiger partial charge in [-0.25, -0.2) is 4.39 Å². The summed E-state index contributed by atoms with van der Waals surface area (Å²) in [6.07, 6.45) is 3.72. The van der Waals surface area contributed by atoms with Crippen molar-refractivity contribution in [1.29, 1.82) is 0 Å². The predicted molar refractivity (Wildman–Crippen MR) is 80.7 cm³/mol. The zero-order valence-corrected chi connectivity index (χ0v) is 13.3. The van der Waals surface area contributed by atoms with Gasteiger partial charge in [0.2, 0.25) is 0 Å². The Kier molecular flexibility index (Phi) is 2.97. The molecule has 0 spiro atoms. The predicted octanol–water partition coefficient (Wildman–Crippen LogP) is 5.21. The van der Waals surface area contributed by atoms with Crippen LogP contribution in [-0.4, -0.2) is 6.04 Å². The number of hydrogen-bond donors (Lipinski definition) is 1. The van der Waals surface area contributed by atoms with Gasteiger partial charge in [-0.1, -0.05) is 26.8 Å². The summed E-state index contributed by atoms with van der Waals surface area (Å²) in [5.74, 6) is 0.596. The number of halogens is 2. The normalized spacial score (nSPS) is 35.6. The van der Waals surface area contributed by atoms with E-state index < -0.39 is 0 Å². The first-order valence-corrected chi connectivity index (χ1v) is 7.86. The molecule has 0 radical (unpaired) electrons. The molecule has 3 heteroatoms. The second kappa shape index (κ2) is 4.21. The SMILES string of the molecule is CC1(C)C2CCC1(C)C(Nc1c(F)cccc1Br)C2. The van der Waals surface area contributed by atoms with Gasteiger partial charge in [0.1, 0.15) is 5.82 Å². The van der Waals surface area contributed by atoms with Crippen LogP contribution in [0.3, 0.4) is 0 Å². The Morgan fingerprint density at radius 1 is 1.32 bits per heavy atom. The van der Waals surface area contributed by atoms with Crippen LogP contribution in [0.25, 0.3) is 0 Å². The minimum Gasteiger partial charge on any atom is -0.378 e. The van der Waals surface area contributed by atoms with Crippen molar-refractivity contribution in [2.45, 2.75) is 46.1 Å². The lowest BCUT2D eigenvalue weighted by atomic mass is 9.69. The minimum atomic E-state index is -0.168. The van der Waals surface area contributed by atoms with E-state index in [2.05, 4.69) is 42.0 Å². The average molecular weight is 326 g/mol. The second-order valence-electron chi connectivity index (χ2n) is 6.90. The van der Waals surface area contributed by atoms with Gasteiger partial charge in [0.05, 0.1) is 5.69 Å². The standard InChI is InChI=1S/C16H21BrFN/c1-15(2)10-7-8-16(15,3)13(9-10)19-14-11(17)5-4-6-12(14)18/h4-6,10,13,19H,7-9H2,1-3H3. The molecule has 3 atom stereocenters. The number of nitrogens with one attached hydrogen (secondary N) is 1. The molecule has 2 bridgehead atoms. The Hall–Kier alpha value is -0.570. The highest BCUT2D eigenvalue weighted by molar-refractivity contribution is 9.10. The molecule has 2 fully saturated rings. The molecule has 3 rings (SSSR count). The van der Waals surface area contributed by atoms with Gasteiger partial charge >= 0.3 is 0 Å². The number of anilines is 1. The average Bonchev–Trinajstić information content (AvgIpc) is 2.67. The number of benzene rings is 1. The van der Waals surface area contributed by atoms with Crippen LogP contribution in [0.4, 0.5) is 10.1 Å². The van der Waals surface area contributed by atoms with Gasteiger partial charge in [-0.2, -0.15) is 0 Å². The molecule has 0 heterocycles. The summed E-state index contributed by atoms with van der Waals surface area (Å²) in [5.41, 5.74) is 1.24. The van der Waals surface area contributed by atoms with Gasteiger partial charge in [0.15, 0.2) is 0 Å². The Morgan fingerprint density at radius 3 is 2.58 bits per heavy atom. The highest BCUT2D eigenvalue weighted by Gasteiger charge is 2.61. The number of fused-ring (bicyclic) bond motifs is 2. The molecular weight excluding hydrogens is 305 g/mol. The third-order valence-corrected chi connectivity index (χ3v) is 6.74. The zero-order chi connectivity index (χ0) is 13.8. The molecule has 0 aromatic heterocycles. The van der Waals surface area contributed by atoms with Crippen LogP contribution in [0, 0.1) is 22.6 Å². The van der Waals surface area contributed by atoms with E-state index in [1.807, 2.05) is 6.07 Å². The van der Waals surface area contributed by atoms with Gasteiger partial charge < -0.3 is 5.32 Å². The van der Waals surface area contributed by atoms with Gasteiger partial charge in [-0.05, 0) is 64.1 Å². The fourth-order valence-corrected chi connectivity index (χ4v) is 4.69. The summed E-state index contributed by atoms with van der Waals surface area (Å²) in [6, 6.07) is 5.52. The molecule has 2 saturated carbocycles.